The van der Waals surface area contributed by atoms with Crippen molar-refractivity contribution in [3.05, 3.63) is 34.6 Å². The van der Waals surface area contributed by atoms with Gasteiger partial charge >= 0.3 is 0 Å². The van der Waals surface area contributed by atoms with Crippen LogP contribution in [0.1, 0.15) is 10.4 Å². The minimum atomic E-state index is -2.38. The lowest BCUT2D eigenvalue weighted by Gasteiger charge is -2.05. The molecule has 1 rings (SSSR count). The van der Waals surface area contributed by atoms with Crippen molar-refractivity contribution in [2.75, 3.05) is 0 Å². The maximum Gasteiger partial charge on any atom is 0.280 e. The Bertz CT molecular complexity index is 410. The van der Waals surface area contributed by atoms with Gasteiger partial charge in [-0.2, -0.15) is 0 Å². The average molecular weight is 264 g/mol. The Kier molecular flexibility index (Phi) is 4.63. The maximum absolute atomic E-state index is 12.7. The van der Waals surface area contributed by atoms with Crippen LogP contribution in [0, 0.1) is 29.1 Å². The van der Waals surface area contributed by atoms with E-state index in [4.69, 9.17) is 5.21 Å². The van der Waals surface area contributed by atoms with E-state index in [0.717, 1.165) is 5.48 Å². The fourth-order valence-corrected chi connectivity index (χ4v) is 0.860. The highest BCUT2D eigenvalue weighted by Crippen LogP contribution is 2.22. The molecule has 0 spiro atoms. The van der Waals surface area contributed by atoms with Gasteiger partial charge in [0, 0.05) is 0 Å². The summed E-state index contributed by atoms with van der Waals surface area (Å²) in [4.78, 5) is 10.6. The number of hydrogen-bond acceptors (Lipinski definition) is 2. The molecule has 0 saturated heterocycles. The summed E-state index contributed by atoms with van der Waals surface area (Å²) in [7, 11) is 0. The van der Waals surface area contributed by atoms with Gasteiger partial charge in [0.2, 0.25) is 5.82 Å². The van der Waals surface area contributed by atoms with Crippen molar-refractivity contribution in [1.29, 1.82) is 0 Å². The number of carbonyl (C=O) groups excluding carboxylic acids is 1. The third kappa shape index (κ3) is 2.07. The van der Waals surface area contributed by atoms with E-state index in [0.29, 0.717) is 0 Å². The molecule has 0 heterocycles. The summed E-state index contributed by atoms with van der Waals surface area (Å²) >= 11 is 0. The second kappa shape index (κ2) is 5.08. The number of rotatable bonds is 1. The highest BCUT2D eigenvalue weighted by atomic mass is 35.5. The number of benzene rings is 1. The Morgan fingerprint density at radius 3 is 1.50 bits per heavy atom. The van der Waals surface area contributed by atoms with Crippen LogP contribution in [0.2, 0.25) is 0 Å². The number of hydroxylamine groups is 1. The third-order valence-electron chi connectivity index (χ3n) is 1.54. The zero-order valence-electron chi connectivity index (χ0n) is 7.15. The van der Waals surface area contributed by atoms with Crippen LogP contribution in [-0.4, -0.2) is 11.1 Å². The fraction of sp³-hybridized carbons (Fsp3) is 0. The molecule has 0 unspecified atom stereocenters. The van der Waals surface area contributed by atoms with Gasteiger partial charge in [0.25, 0.3) is 5.91 Å². The van der Waals surface area contributed by atoms with Crippen molar-refractivity contribution < 1.29 is 32.0 Å². The van der Waals surface area contributed by atoms with Crippen molar-refractivity contribution in [2.45, 2.75) is 0 Å². The number of amides is 1. The topological polar surface area (TPSA) is 49.3 Å². The zero-order valence-corrected chi connectivity index (χ0v) is 7.97. The Hall–Kier alpha value is -1.41. The second-order valence-corrected chi connectivity index (χ2v) is 2.39. The molecule has 0 saturated carbocycles. The Labute approximate surface area is 91.2 Å². The van der Waals surface area contributed by atoms with Gasteiger partial charge in [-0.15, -0.1) is 12.4 Å². The minimum absolute atomic E-state index is 0. The summed E-state index contributed by atoms with van der Waals surface area (Å²) in [5, 5.41) is 8.02. The smallest absolute Gasteiger partial charge is 0.280 e. The third-order valence-corrected chi connectivity index (χ3v) is 1.54. The molecule has 9 heteroatoms. The molecule has 0 aliphatic carbocycles. The van der Waals surface area contributed by atoms with Gasteiger partial charge in [0.1, 0.15) is 5.56 Å². The molecule has 1 aromatic rings. The van der Waals surface area contributed by atoms with E-state index in [2.05, 4.69) is 0 Å². The monoisotopic (exact) mass is 263 g/mol. The number of halogens is 6. The molecule has 0 aliphatic rings. The first-order valence-corrected chi connectivity index (χ1v) is 3.37. The molecule has 0 aliphatic heterocycles. The lowest BCUT2D eigenvalue weighted by molar-refractivity contribution is 0.0693. The summed E-state index contributed by atoms with van der Waals surface area (Å²) in [5.74, 6) is -13.3. The van der Waals surface area contributed by atoms with Gasteiger partial charge < -0.3 is 0 Å². The second-order valence-electron chi connectivity index (χ2n) is 2.39. The fourth-order valence-electron chi connectivity index (χ4n) is 0.860. The standard InChI is InChI=1S/C7H2F5NO2.ClH/c8-2-1(7(14)13-15)3(9)5(11)6(12)4(2)10;/h15H,(H,13,14);1H. The van der Waals surface area contributed by atoms with Crippen LogP contribution in [0.25, 0.3) is 0 Å². The normalized spacial score (nSPS) is 9.62. The Morgan fingerprint density at radius 1 is 0.875 bits per heavy atom. The molecule has 1 amide bonds. The molecule has 0 bridgehead atoms. The number of nitrogens with one attached hydrogen (secondary N) is 1. The average Bonchev–Trinajstić information content (AvgIpc) is 2.23. The van der Waals surface area contributed by atoms with Crippen LogP contribution >= 0.6 is 12.4 Å². The van der Waals surface area contributed by atoms with E-state index < -0.39 is 40.6 Å². The quantitative estimate of drug-likeness (QED) is 0.267. The van der Waals surface area contributed by atoms with Gasteiger partial charge in [-0.25, -0.2) is 27.4 Å². The largest absolute Gasteiger partial charge is 0.288 e. The van der Waals surface area contributed by atoms with E-state index >= 15 is 0 Å². The summed E-state index contributed by atoms with van der Waals surface area (Å²) in [6.07, 6.45) is 0. The van der Waals surface area contributed by atoms with Crippen molar-refractivity contribution >= 4 is 18.3 Å². The Balaban J connectivity index is 0.00000225. The predicted molar refractivity (Wildman–Crippen MR) is 42.7 cm³/mol. The van der Waals surface area contributed by atoms with Crippen molar-refractivity contribution in [3.63, 3.8) is 0 Å². The van der Waals surface area contributed by atoms with Gasteiger partial charge in [0.15, 0.2) is 23.3 Å². The number of carbonyl (C=O) groups is 1. The molecule has 1 aromatic carbocycles. The highest BCUT2D eigenvalue weighted by molar-refractivity contribution is 5.93. The first-order valence-electron chi connectivity index (χ1n) is 3.37. The Morgan fingerprint density at radius 2 is 1.19 bits per heavy atom. The molecule has 0 radical (unpaired) electrons. The van der Waals surface area contributed by atoms with Gasteiger partial charge in [-0.3, -0.25) is 10.0 Å². The van der Waals surface area contributed by atoms with E-state index in [1.54, 1.807) is 0 Å². The molecular formula is C7H3ClF5NO2. The first kappa shape index (κ1) is 14.6. The van der Waals surface area contributed by atoms with Gasteiger partial charge in [0.05, 0.1) is 0 Å². The van der Waals surface area contributed by atoms with E-state index in [1.165, 1.54) is 0 Å². The SMILES string of the molecule is Cl.O=C(NO)c1c(F)c(F)c(F)c(F)c1F. The minimum Gasteiger partial charge on any atom is -0.288 e. The highest BCUT2D eigenvalue weighted by Gasteiger charge is 2.29. The molecule has 90 valence electrons. The number of hydrogen-bond donors (Lipinski definition) is 2. The molecule has 0 aromatic heterocycles. The van der Waals surface area contributed by atoms with E-state index in [1.807, 2.05) is 0 Å². The summed E-state index contributed by atoms with van der Waals surface area (Å²) in [6.45, 7) is 0. The van der Waals surface area contributed by atoms with Crippen LogP contribution in [0.5, 0.6) is 0 Å². The van der Waals surface area contributed by atoms with E-state index in [9.17, 15) is 26.7 Å². The van der Waals surface area contributed by atoms with Gasteiger partial charge in [-0.05, 0) is 0 Å². The van der Waals surface area contributed by atoms with Crippen molar-refractivity contribution in [3.8, 4) is 0 Å². The first-order chi connectivity index (χ1) is 6.91. The summed E-state index contributed by atoms with van der Waals surface area (Å²) in [6, 6.07) is 0. The molecular weight excluding hydrogens is 261 g/mol. The van der Waals surface area contributed by atoms with Crippen LogP contribution in [0.3, 0.4) is 0 Å². The predicted octanol–water partition coefficient (Wildman–Crippen LogP) is 1.92. The van der Waals surface area contributed by atoms with Crippen LogP contribution in [-0.2, 0) is 0 Å². The molecule has 16 heavy (non-hydrogen) atoms. The molecule has 0 atom stereocenters. The van der Waals surface area contributed by atoms with Crippen LogP contribution < -0.4 is 5.48 Å². The van der Waals surface area contributed by atoms with Gasteiger partial charge in [-0.1, -0.05) is 0 Å². The maximum atomic E-state index is 12.7. The molecule has 0 fully saturated rings. The molecule has 2 N–H and O–H groups in total. The van der Waals surface area contributed by atoms with Crippen molar-refractivity contribution in [2.24, 2.45) is 0 Å². The van der Waals surface area contributed by atoms with Crippen LogP contribution in [0.15, 0.2) is 0 Å². The van der Waals surface area contributed by atoms with Crippen molar-refractivity contribution in [1.82, 2.24) is 5.48 Å². The summed E-state index contributed by atoms with van der Waals surface area (Å²) < 4.78 is 62.9. The lowest BCUT2D eigenvalue weighted by atomic mass is 10.1. The molecule has 3 nitrogen and oxygen atoms in total. The van der Waals surface area contributed by atoms with E-state index in [-0.39, 0.29) is 12.4 Å². The summed E-state index contributed by atoms with van der Waals surface area (Å²) in [5.41, 5.74) is -0.980. The van der Waals surface area contributed by atoms with Crippen LogP contribution in [0.4, 0.5) is 22.0 Å². The lowest BCUT2D eigenvalue weighted by Crippen LogP contribution is -2.23. The zero-order chi connectivity index (χ0) is 11.7.